The van der Waals surface area contributed by atoms with Crippen LogP contribution in [0.3, 0.4) is 0 Å². The Labute approximate surface area is 115 Å². The monoisotopic (exact) mass is 337 g/mol. The number of alkyl halides is 1. The van der Waals surface area contributed by atoms with Crippen molar-refractivity contribution in [3.8, 4) is 0 Å². The quantitative estimate of drug-likeness (QED) is 0.794. The van der Waals surface area contributed by atoms with E-state index in [1.807, 2.05) is 24.3 Å². The normalized spacial score (nSPS) is 21.9. The third kappa shape index (κ3) is 2.84. The van der Waals surface area contributed by atoms with Crippen LogP contribution in [0, 0.1) is 0 Å². The zero-order chi connectivity index (χ0) is 12.5. The van der Waals surface area contributed by atoms with Crippen molar-refractivity contribution in [1.82, 2.24) is 4.31 Å². The first-order chi connectivity index (χ1) is 8.04. The van der Waals surface area contributed by atoms with Gasteiger partial charge in [0.1, 0.15) is 5.21 Å². The first-order valence-corrected chi connectivity index (χ1v) is 8.29. The average molecular weight is 339 g/mol. The van der Waals surface area contributed by atoms with Gasteiger partial charge in [0, 0.05) is 17.1 Å². The maximum Gasteiger partial charge on any atom is 0.228 e. The molecule has 3 nitrogen and oxygen atoms in total. The summed E-state index contributed by atoms with van der Waals surface area (Å²) in [6, 6.07) is 7.70. The predicted molar refractivity (Wildman–Crippen MR) is 72.5 cm³/mol. The van der Waals surface area contributed by atoms with E-state index in [4.69, 9.17) is 11.6 Å². The zero-order valence-corrected chi connectivity index (χ0v) is 12.3. The second-order valence-corrected chi connectivity index (χ2v) is 7.47. The van der Waals surface area contributed by atoms with Crippen LogP contribution in [0.2, 0.25) is 0 Å². The van der Waals surface area contributed by atoms with Crippen LogP contribution < -0.4 is 0 Å². The molecular weight excluding hydrogens is 326 g/mol. The third-order valence-corrected chi connectivity index (χ3v) is 5.68. The minimum Gasteiger partial charge on any atom is -0.211 e. The maximum atomic E-state index is 11.9. The standard InChI is InChI=1S/C11H13BrClNO2S/c12-10-4-1-3-9(7-10)11-5-2-6-14(11)17(15,16)8-13/h1,3-4,7,11H,2,5-6,8H2. The van der Waals surface area contributed by atoms with Gasteiger partial charge in [0.05, 0.1) is 0 Å². The molecule has 0 bridgehead atoms. The molecule has 1 aliphatic rings. The van der Waals surface area contributed by atoms with E-state index in [1.54, 1.807) is 0 Å². The van der Waals surface area contributed by atoms with Crippen molar-refractivity contribution in [2.75, 3.05) is 11.8 Å². The number of benzene rings is 1. The van der Waals surface area contributed by atoms with Gasteiger partial charge in [-0.2, -0.15) is 4.31 Å². The maximum absolute atomic E-state index is 11.9. The Morgan fingerprint density at radius 2 is 2.24 bits per heavy atom. The SMILES string of the molecule is O=S(=O)(CCl)N1CCCC1c1cccc(Br)c1. The van der Waals surface area contributed by atoms with E-state index in [0.717, 1.165) is 22.9 Å². The van der Waals surface area contributed by atoms with Gasteiger partial charge in [0.25, 0.3) is 0 Å². The van der Waals surface area contributed by atoms with Crippen molar-refractivity contribution in [3.63, 3.8) is 0 Å². The second-order valence-electron chi connectivity index (χ2n) is 4.04. The minimum atomic E-state index is -3.32. The summed E-state index contributed by atoms with van der Waals surface area (Å²) < 4.78 is 26.2. The Morgan fingerprint density at radius 1 is 1.47 bits per heavy atom. The highest BCUT2D eigenvalue weighted by Gasteiger charge is 2.34. The zero-order valence-electron chi connectivity index (χ0n) is 9.14. The summed E-state index contributed by atoms with van der Waals surface area (Å²) in [4.78, 5) is 0. The number of halogens is 2. The smallest absolute Gasteiger partial charge is 0.211 e. The minimum absolute atomic E-state index is 0.0729. The number of hydrogen-bond acceptors (Lipinski definition) is 2. The van der Waals surface area contributed by atoms with E-state index in [0.29, 0.717) is 6.54 Å². The van der Waals surface area contributed by atoms with E-state index in [9.17, 15) is 8.42 Å². The van der Waals surface area contributed by atoms with Crippen LogP contribution in [0.1, 0.15) is 24.4 Å². The van der Waals surface area contributed by atoms with Gasteiger partial charge in [-0.05, 0) is 30.5 Å². The van der Waals surface area contributed by atoms with Gasteiger partial charge in [-0.15, -0.1) is 11.6 Å². The number of rotatable bonds is 3. The molecule has 6 heteroatoms. The van der Waals surface area contributed by atoms with Gasteiger partial charge < -0.3 is 0 Å². The molecule has 17 heavy (non-hydrogen) atoms. The molecule has 1 saturated heterocycles. The van der Waals surface area contributed by atoms with Crippen molar-refractivity contribution in [1.29, 1.82) is 0 Å². The highest BCUT2D eigenvalue weighted by atomic mass is 79.9. The van der Waals surface area contributed by atoms with Crippen LogP contribution in [0.15, 0.2) is 28.7 Å². The lowest BCUT2D eigenvalue weighted by atomic mass is 10.1. The molecule has 0 N–H and O–H groups in total. The molecule has 0 aliphatic carbocycles. The molecule has 94 valence electrons. The lowest BCUT2D eigenvalue weighted by molar-refractivity contribution is 0.399. The molecule has 1 aromatic rings. The number of hydrogen-bond donors (Lipinski definition) is 0. The molecule has 0 amide bonds. The average Bonchev–Trinajstić information content (AvgIpc) is 2.78. The van der Waals surface area contributed by atoms with Crippen LogP contribution in [-0.2, 0) is 10.0 Å². The van der Waals surface area contributed by atoms with Gasteiger partial charge in [-0.1, -0.05) is 28.1 Å². The molecule has 2 rings (SSSR count). The summed E-state index contributed by atoms with van der Waals surface area (Å²) in [5.41, 5.74) is 1.02. The highest BCUT2D eigenvalue weighted by Crippen LogP contribution is 2.35. The number of sulfonamides is 1. The molecule has 0 aromatic heterocycles. The molecule has 1 aliphatic heterocycles. The molecule has 1 heterocycles. The van der Waals surface area contributed by atoms with Crippen LogP contribution in [0.25, 0.3) is 0 Å². The fourth-order valence-corrected chi connectivity index (χ4v) is 4.12. The molecule has 0 radical (unpaired) electrons. The largest absolute Gasteiger partial charge is 0.228 e. The van der Waals surface area contributed by atoms with E-state index >= 15 is 0 Å². The number of nitrogens with zero attached hydrogens (tertiary/aromatic N) is 1. The summed E-state index contributed by atoms with van der Waals surface area (Å²) >= 11 is 8.92. The van der Waals surface area contributed by atoms with E-state index in [2.05, 4.69) is 15.9 Å². The lowest BCUT2D eigenvalue weighted by Crippen LogP contribution is -2.31. The summed E-state index contributed by atoms with van der Waals surface area (Å²) in [5, 5.41) is -0.350. The van der Waals surface area contributed by atoms with Crippen LogP contribution in [-0.4, -0.2) is 24.5 Å². The molecule has 0 saturated carbocycles. The van der Waals surface area contributed by atoms with Gasteiger partial charge >= 0.3 is 0 Å². The molecule has 0 spiro atoms. The van der Waals surface area contributed by atoms with Crippen molar-refractivity contribution in [2.24, 2.45) is 0 Å². The first-order valence-electron chi connectivity index (χ1n) is 5.35. The van der Waals surface area contributed by atoms with Gasteiger partial charge in [-0.3, -0.25) is 0 Å². The first kappa shape index (κ1) is 13.3. The third-order valence-electron chi connectivity index (χ3n) is 2.93. The fraction of sp³-hybridized carbons (Fsp3) is 0.455. The van der Waals surface area contributed by atoms with Crippen molar-refractivity contribution in [3.05, 3.63) is 34.3 Å². The molecule has 1 atom stereocenters. The van der Waals surface area contributed by atoms with E-state index in [-0.39, 0.29) is 11.3 Å². The summed E-state index contributed by atoms with van der Waals surface area (Å²) in [6.07, 6.45) is 1.74. The van der Waals surface area contributed by atoms with E-state index < -0.39 is 10.0 Å². The predicted octanol–water partition coefficient (Wildman–Crippen LogP) is 3.11. The molecule has 1 fully saturated rings. The van der Waals surface area contributed by atoms with Crippen molar-refractivity contribution < 1.29 is 8.42 Å². The van der Waals surface area contributed by atoms with Gasteiger partial charge in [-0.25, -0.2) is 8.42 Å². The van der Waals surface area contributed by atoms with Gasteiger partial charge in [0.2, 0.25) is 10.0 Å². The van der Waals surface area contributed by atoms with Gasteiger partial charge in [0.15, 0.2) is 0 Å². The lowest BCUT2D eigenvalue weighted by Gasteiger charge is -2.23. The Balaban J connectivity index is 2.32. The molecule has 1 unspecified atom stereocenters. The van der Waals surface area contributed by atoms with E-state index in [1.165, 1.54) is 4.31 Å². The fourth-order valence-electron chi connectivity index (χ4n) is 2.18. The second kappa shape index (κ2) is 5.26. The Kier molecular flexibility index (Phi) is 4.13. The summed E-state index contributed by atoms with van der Waals surface area (Å²) in [6.45, 7) is 0.562. The highest BCUT2D eigenvalue weighted by molar-refractivity contribution is 9.10. The Morgan fingerprint density at radius 3 is 2.88 bits per heavy atom. The van der Waals surface area contributed by atoms with Crippen molar-refractivity contribution >= 4 is 37.6 Å². The topological polar surface area (TPSA) is 37.4 Å². The van der Waals surface area contributed by atoms with Crippen LogP contribution in [0.5, 0.6) is 0 Å². The van der Waals surface area contributed by atoms with Crippen LogP contribution >= 0.6 is 27.5 Å². The van der Waals surface area contributed by atoms with Crippen LogP contribution in [0.4, 0.5) is 0 Å². The van der Waals surface area contributed by atoms with Crippen molar-refractivity contribution in [2.45, 2.75) is 18.9 Å². The summed E-state index contributed by atoms with van der Waals surface area (Å²) in [5.74, 6) is 0. The molecular formula is C11H13BrClNO2S. The molecule has 1 aromatic carbocycles. The summed E-state index contributed by atoms with van der Waals surface area (Å²) in [7, 11) is -3.32. The Hall–Kier alpha value is -0.100. The Bertz CT molecular complexity index is 506.